The highest BCUT2D eigenvalue weighted by molar-refractivity contribution is 6.33. The van der Waals surface area contributed by atoms with Crippen LogP contribution in [-0.2, 0) is 0 Å². The Hall–Kier alpha value is -2.20. The maximum atomic E-state index is 12.5. The van der Waals surface area contributed by atoms with E-state index < -0.39 is 0 Å². The fourth-order valence-corrected chi connectivity index (χ4v) is 2.22. The van der Waals surface area contributed by atoms with Gasteiger partial charge in [0.15, 0.2) is 0 Å². The normalized spacial score (nSPS) is 12.0. The minimum atomic E-state index is -0.268. The Labute approximate surface area is 128 Å². The third kappa shape index (κ3) is 3.11. The molecule has 0 spiro atoms. The van der Waals surface area contributed by atoms with Gasteiger partial charge in [-0.05, 0) is 31.2 Å². The topological polar surface area (TPSA) is 66.6 Å². The number of nitrogens with two attached hydrogens (primary N) is 1. The lowest BCUT2D eigenvalue weighted by atomic mass is 10.0. The molecular formula is C16H17ClN2O2. The molecule has 2 aromatic rings. The molecule has 21 heavy (non-hydrogen) atoms. The number of phenolic OH excluding ortho intramolecular Hbond substituents is 1. The van der Waals surface area contributed by atoms with Crippen LogP contribution >= 0.6 is 11.6 Å². The third-order valence-corrected chi connectivity index (χ3v) is 3.88. The van der Waals surface area contributed by atoms with Crippen molar-refractivity contribution in [3.63, 3.8) is 0 Å². The highest BCUT2D eigenvalue weighted by Crippen LogP contribution is 2.28. The summed E-state index contributed by atoms with van der Waals surface area (Å²) in [5.74, 6) is -0.0191. The monoisotopic (exact) mass is 304 g/mol. The molecule has 0 fully saturated rings. The summed E-state index contributed by atoms with van der Waals surface area (Å²) in [6.07, 6.45) is 0. The van der Waals surface area contributed by atoms with Crippen molar-refractivity contribution in [3.05, 3.63) is 58.6 Å². The zero-order valence-electron chi connectivity index (χ0n) is 11.9. The van der Waals surface area contributed by atoms with Gasteiger partial charge in [-0.2, -0.15) is 0 Å². The molecule has 0 bridgehead atoms. The number of benzene rings is 2. The summed E-state index contributed by atoms with van der Waals surface area (Å²) in [5.41, 5.74) is 7.24. The Morgan fingerprint density at radius 1 is 1.29 bits per heavy atom. The number of aromatic hydroxyl groups is 1. The Kier molecular flexibility index (Phi) is 4.38. The standard InChI is InChI=1S/C16H17ClN2O2/c1-10(12-5-3-4-6-15(12)20)19(2)16(21)11-7-8-13(17)14(18)9-11/h3-10,20H,18H2,1-2H3. The molecule has 0 heterocycles. The van der Waals surface area contributed by atoms with Crippen molar-refractivity contribution < 1.29 is 9.90 Å². The first kappa shape index (κ1) is 15.2. The molecule has 110 valence electrons. The summed E-state index contributed by atoms with van der Waals surface area (Å²) in [6.45, 7) is 1.85. The quantitative estimate of drug-likeness (QED) is 0.853. The first-order valence-corrected chi connectivity index (χ1v) is 6.89. The summed E-state index contributed by atoms with van der Waals surface area (Å²) in [4.78, 5) is 14.0. The lowest BCUT2D eigenvalue weighted by molar-refractivity contribution is 0.0741. The van der Waals surface area contributed by atoms with E-state index >= 15 is 0 Å². The number of nitrogens with zero attached hydrogens (tertiary/aromatic N) is 1. The van der Waals surface area contributed by atoms with Crippen LogP contribution in [0.15, 0.2) is 42.5 Å². The van der Waals surface area contributed by atoms with Gasteiger partial charge in [0.05, 0.1) is 16.8 Å². The zero-order chi connectivity index (χ0) is 15.6. The molecule has 3 N–H and O–H groups in total. The van der Waals surface area contributed by atoms with Crippen molar-refractivity contribution in [3.8, 4) is 5.75 Å². The summed E-state index contributed by atoms with van der Waals surface area (Å²) >= 11 is 5.86. The summed E-state index contributed by atoms with van der Waals surface area (Å²) in [5, 5.41) is 10.3. The van der Waals surface area contributed by atoms with Crippen molar-refractivity contribution in [1.29, 1.82) is 0 Å². The van der Waals surface area contributed by atoms with Gasteiger partial charge in [-0.15, -0.1) is 0 Å². The third-order valence-electron chi connectivity index (χ3n) is 3.53. The first-order valence-electron chi connectivity index (χ1n) is 6.52. The van der Waals surface area contributed by atoms with Gasteiger partial charge in [-0.25, -0.2) is 0 Å². The number of hydrogen-bond donors (Lipinski definition) is 2. The molecule has 5 heteroatoms. The van der Waals surface area contributed by atoms with Crippen molar-refractivity contribution in [2.75, 3.05) is 12.8 Å². The number of halogens is 1. The largest absolute Gasteiger partial charge is 0.508 e. The van der Waals surface area contributed by atoms with E-state index in [0.29, 0.717) is 21.8 Å². The highest BCUT2D eigenvalue weighted by Gasteiger charge is 2.21. The van der Waals surface area contributed by atoms with Gasteiger partial charge in [0.1, 0.15) is 5.75 Å². The molecule has 0 aromatic heterocycles. The van der Waals surface area contributed by atoms with Crippen LogP contribution in [0.1, 0.15) is 28.9 Å². The SMILES string of the molecule is CC(c1ccccc1O)N(C)C(=O)c1ccc(Cl)c(N)c1. The Bertz CT molecular complexity index is 673. The van der Waals surface area contributed by atoms with Crippen LogP contribution in [0.3, 0.4) is 0 Å². The van der Waals surface area contributed by atoms with Crippen LogP contribution in [0, 0.1) is 0 Å². The van der Waals surface area contributed by atoms with Crippen LogP contribution in [-0.4, -0.2) is 23.0 Å². The van der Waals surface area contributed by atoms with E-state index in [0.717, 1.165) is 0 Å². The predicted octanol–water partition coefficient (Wildman–Crippen LogP) is 3.46. The molecule has 0 aliphatic heterocycles. The molecule has 2 rings (SSSR count). The number of amides is 1. The van der Waals surface area contributed by atoms with Gasteiger partial charge in [-0.1, -0.05) is 29.8 Å². The number of carbonyl (C=O) groups is 1. The molecule has 0 aliphatic rings. The molecular weight excluding hydrogens is 288 g/mol. The Balaban J connectivity index is 2.26. The van der Waals surface area contributed by atoms with Gasteiger partial charge >= 0.3 is 0 Å². The highest BCUT2D eigenvalue weighted by atomic mass is 35.5. The molecule has 0 saturated carbocycles. The summed E-state index contributed by atoms with van der Waals surface area (Å²) < 4.78 is 0. The zero-order valence-corrected chi connectivity index (χ0v) is 12.6. The average Bonchev–Trinajstić information content (AvgIpc) is 2.48. The second-order valence-electron chi connectivity index (χ2n) is 4.89. The van der Waals surface area contributed by atoms with E-state index in [9.17, 15) is 9.90 Å². The van der Waals surface area contributed by atoms with Crippen LogP contribution in [0.4, 0.5) is 5.69 Å². The fourth-order valence-electron chi connectivity index (χ4n) is 2.11. The number of anilines is 1. The first-order chi connectivity index (χ1) is 9.91. The number of hydrogen-bond acceptors (Lipinski definition) is 3. The second kappa shape index (κ2) is 6.06. The lowest BCUT2D eigenvalue weighted by Gasteiger charge is -2.26. The van der Waals surface area contributed by atoms with E-state index in [-0.39, 0.29) is 17.7 Å². The van der Waals surface area contributed by atoms with Crippen LogP contribution in [0.25, 0.3) is 0 Å². The van der Waals surface area contributed by atoms with Gasteiger partial charge in [0.25, 0.3) is 5.91 Å². The van der Waals surface area contributed by atoms with Crippen molar-refractivity contribution in [1.82, 2.24) is 4.90 Å². The molecule has 1 atom stereocenters. The molecule has 0 saturated heterocycles. The van der Waals surface area contributed by atoms with Gasteiger partial charge < -0.3 is 15.7 Å². The van der Waals surface area contributed by atoms with Gasteiger partial charge in [-0.3, -0.25) is 4.79 Å². The van der Waals surface area contributed by atoms with Crippen molar-refractivity contribution >= 4 is 23.2 Å². The van der Waals surface area contributed by atoms with E-state index in [2.05, 4.69) is 0 Å². The van der Waals surface area contributed by atoms with Crippen LogP contribution in [0.5, 0.6) is 5.75 Å². The molecule has 0 aliphatic carbocycles. The van der Waals surface area contributed by atoms with Crippen LogP contribution in [0.2, 0.25) is 5.02 Å². The minimum Gasteiger partial charge on any atom is -0.508 e. The summed E-state index contributed by atoms with van der Waals surface area (Å²) in [7, 11) is 1.68. The number of para-hydroxylation sites is 1. The Morgan fingerprint density at radius 2 is 1.95 bits per heavy atom. The smallest absolute Gasteiger partial charge is 0.254 e. The van der Waals surface area contributed by atoms with Crippen molar-refractivity contribution in [2.24, 2.45) is 0 Å². The average molecular weight is 305 g/mol. The lowest BCUT2D eigenvalue weighted by Crippen LogP contribution is -2.29. The predicted molar refractivity (Wildman–Crippen MR) is 84.5 cm³/mol. The van der Waals surface area contributed by atoms with Crippen molar-refractivity contribution in [2.45, 2.75) is 13.0 Å². The van der Waals surface area contributed by atoms with Gasteiger partial charge in [0, 0.05) is 18.2 Å². The minimum absolute atomic E-state index is 0.167. The van der Waals surface area contributed by atoms with Crippen LogP contribution < -0.4 is 5.73 Å². The van der Waals surface area contributed by atoms with E-state index in [1.54, 1.807) is 48.3 Å². The Morgan fingerprint density at radius 3 is 2.57 bits per heavy atom. The van der Waals surface area contributed by atoms with Gasteiger partial charge in [0.2, 0.25) is 0 Å². The second-order valence-corrected chi connectivity index (χ2v) is 5.29. The maximum absolute atomic E-state index is 12.5. The van der Waals surface area contributed by atoms with E-state index in [4.69, 9.17) is 17.3 Å². The van der Waals surface area contributed by atoms with E-state index in [1.165, 1.54) is 0 Å². The number of nitrogen functional groups attached to an aromatic ring is 1. The molecule has 4 nitrogen and oxygen atoms in total. The molecule has 1 amide bonds. The molecule has 1 unspecified atom stereocenters. The molecule has 0 radical (unpaired) electrons. The summed E-state index contributed by atoms with van der Waals surface area (Å²) in [6, 6.07) is 11.5. The van der Waals surface area contributed by atoms with E-state index in [1.807, 2.05) is 13.0 Å². The fraction of sp³-hybridized carbons (Fsp3) is 0.188. The number of carbonyl (C=O) groups excluding carboxylic acids is 1. The molecule has 2 aromatic carbocycles. The number of phenols is 1. The maximum Gasteiger partial charge on any atom is 0.254 e. The number of rotatable bonds is 3.